The number of benzene rings is 1. The van der Waals surface area contributed by atoms with E-state index in [9.17, 15) is 0 Å². The van der Waals surface area contributed by atoms with Crippen LogP contribution in [0.4, 0.5) is 0 Å². The van der Waals surface area contributed by atoms with E-state index in [-0.39, 0.29) is 0 Å². The van der Waals surface area contributed by atoms with Gasteiger partial charge in [-0.15, -0.1) is 11.8 Å². The van der Waals surface area contributed by atoms with Crippen LogP contribution in [0, 0.1) is 11.3 Å². The van der Waals surface area contributed by atoms with Crippen LogP contribution in [0.3, 0.4) is 0 Å². The number of halogens is 1. The first-order valence-corrected chi connectivity index (χ1v) is 6.73. The van der Waals surface area contributed by atoms with Gasteiger partial charge in [0.15, 0.2) is 0 Å². The molecular formula is C13H11ClN2OS. The molecule has 1 heterocycles. The molecule has 0 saturated heterocycles. The summed E-state index contributed by atoms with van der Waals surface area (Å²) in [7, 11) is 1.66. The largest absolute Gasteiger partial charge is 0.384 e. The number of fused-ring (bicyclic) bond motifs is 1. The summed E-state index contributed by atoms with van der Waals surface area (Å²) in [5, 5.41) is 11.4. The van der Waals surface area contributed by atoms with E-state index in [0.29, 0.717) is 17.2 Å². The van der Waals surface area contributed by atoms with Crippen molar-refractivity contribution in [1.29, 1.82) is 5.26 Å². The average molecular weight is 279 g/mol. The van der Waals surface area contributed by atoms with Gasteiger partial charge in [-0.2, -0.15) is 5.26 Å². The van der Waals surface area contributed by atoms with Crippen molar-refractivity contribution in [1.82, 2.24) is 4.98 Å². The summed E-state index contributed by atoms with van der Waals surface area (Å²) < 4.78 is 4.99. The lowest BCUT2D eigenvalue weighted by atomic mass is 10.1. The Hall–Kier alpha value is -1.28. The molecule has 92 valence electrons. The monoisotopic (exact) mass is 278 g/mol. The molecule has 3 nitrogen and oxygen atoms in total. The van der Waals surface area contributed by atoms with E-state index >= 15 is 0 Å². The SMILES string of the molecule is COCCSc1cc(C#N)c2cc(Cl)ccc2n1. The van der Waals surface area contributed by atoms with Gasteiger partial charge in [-0.1, -0.05) is 11.6 Å². The van der Waals surface area contributed by atoms with Crippen molar-refractivity contribution in [3.63, 3.8) is 0 Å². The lowest BCUT2D eigenvalue weighted by molar-refractivity contribution is 0.218. The number of ether oxygens (including phenoxy) is 1. The first-order chi connectivity index (χ1) is 8.74. The fourth-order valence-corrected chi connectivity index (χ4v) is 2.57. The number of nitriles is 1. The Morgan fingerprint density at radius 1 is 1.44 bits per heavy atom. The van der Waals surface area contributed by atoms with Gasteiger partial charge >= 0.3 is 0 Å². The lowest BCUT2D eigenvalue weighted by Crippen LogP contribution is -1.93. The Bertz CT molecular complexity index is 610. The van der Waals surface area contributed by atoms with Gasteiger partial charge in [0, 0.05) is 23.3 Å². The zero-order valence-electron chi connectivity index (χ0n) is 9.81. The molecule has 0 aliphatic rings. The van der Waals surface area contributed by atoms with Gasteiger partial charge in [0.25, 0.3) is 0 Å². The maximum Gasteiger partial charge on any atom is 0.0999 e. The second-order valence-electron chi connectivity index (χ2n) is 3.62. The molecule has 0 atom stereocenters. The van der Waals surface area contributed by atoms with Gasteiger partial charge in [-0.05, 0) is 24.3 Å². The van der Waals surface area contributed by atoms with Crippen LogP contribution in [0.1, 0.15) is 5.56 Å². The van der Waals surface area contributed by atoms with Crippen molar-refractivity contribution >= 4 is 34.3 Å². The third kappa shape index (κ3) is 2.94. The lowest BCUT2D eigenvalue weighted by Gasteiger charge is -2.05. The Balaban J connectivity index is 2.41. The minimum atomic E-state index is 0.599. The number of pyridine rings is 1. The van der Waals surface area contributed by atoms with Gasteiger partial charge in [0.1, 0.15) is 0 Å². The van der Waals surface area contributed by atoms with E-state index in [2.05, 4.69) is 11.1 Å². The van der Waals surface area contributed by atoms with E-state index in [1.807, 2.05) is 6.07 Å². The van der Waals surface area contributed by atoms with Crippen molar-refractivity contribution in [3.05, 3.63) is 34.9 Å². The maximum absolute atomic E-state index is 9.17. The van der Waals surface area contributed by atoms with Crippen LogP contribution in [-0.4, -0.2) is 24.5 Å². The third-order valence-corrected chi connectivity index (χ3v) is 3.52. The summed E-state index contributed by atoms with van der Waals surface area (Å²) in [6.45, 7) is 0.660. The van der Waals surface area contributed by atoms with Crippen LogP contribution >= 0.6 is 23.4 Å². The molecule has 1 aromatic heterocycles. The first kappa shape index (κ1) is 13.2. The highest BCUT2D eigenvalue weighted by molar-refractivity contribution is 7.99. The summed E-state index contributed by atoms with van der Waals surface area (Å²) in [6.07, 6.45) is 0. The minimum Gasteiger partial charge on any atom is -0.384 e. The summed E-state index contributed by atoms with van der Waals surface area (Å²) in [6, 6.07) is 9.36. The molecule has 1 aromatic carbocycles. The second-order valence-corrected chi connectivity index (χ2v) is 5.17. The maximum atomic E-state index is 9.17. The molecule has 0 bridgehead atoms. The number of thioether (sulfide) groups is 1. The molecule has 0 amide bonds. The van der Waals surface area contributed by atoms with Gasteiger partial charge in [-0.3, -0.25) is 0 Å². The minimum absolute atomic E-state index is 0.599. The molecule has 2 aromatic rings. The molecule has 0 unspecified atom stereocenters. The van der Waals surface area contributed by atoms with Gasteiger partial charge in [0.2, 0.25) is 0 Å². The van der Waals surface area contributed by atoms with Gasteiger partial charge < -0.3 is 4.74 Å². The number of hydrogen-bond acceptors (Lipinski definition) is 4. The Labute approximate surface area is 115 Å². The van der Waals surface area contributed by atoms with E-state index < -0.39 is 0 Å². The fraction of sp³-hybridized carbons (Fsp3) is 0.231. The molecule has 5 heteroatoms. The quantitative estimate of drug-likeness (QED) is 0.634. The van der Waals surface area contributed by atoms with Crippen LogP contribution in [0.5, 0.6) is 0 Å². The van der Waals surface area contributed by atoms with E-state index in [0.717, 1.165) is 21.7 Å². The predicted molar refractivity (Wildman–Crippen MR) is 74.1 cm³/mol. The summed E-state index contributed by atoms with van der Waals surface area (Å²) >= 11 is 7.50. The molecule has 0 aliphatic heterocycles. The fourth-order valence-electron chi connectivity index (χ4n) is 1.57. The first-order valence-electron chi connectivity index (χ1n) is 5.36. The number of nitrogens with zero attached hydrogens (tertiary/aromatic N) is 2. The van der Waals surface area contributed by atoms with E-state index in [1.54, 1.807) is 37.1 Å². The third-order valence-electron chi connectivity index (χ3n) is 2.41. The second kappa shape index (κ2) is 6.05. The van der Waals surface area contributed by atoms with Crippen molar-refractivity contribution in [2.45, 2.75) is 5.03 Å². The Morgan fingerprint density at radius 3 is 3.00 bits per heavy atom. The smallest absolute Gasteiger partial charge is 0.0999 e. The zero-order valence-corrected chi connectivity index (χ0v) is 11.4. The van der Waals surface area contributed by atoms with Crippen LogP contribution in [0.15, 0.2) is 29.3 Å². The van der Waals surface area contributed by atoms with Crippen molar-refractivity contribution in [3.8, 4) is 6.07 Å². The predicted octanol–water partition coefficient (Wildman–Crippen LogP) is 3.50. The molecule has 0 radical (unpaired) electrons. The summed E-state index contributed by atoms with van der Waals surface area (Å²) in [5.41, 5.74) is 1.39. The highest BCUT2D eigenvalue weighted by Crippen LogP contribution is 2.25. The Kier molecular flexibility index (Phi) is 4.43. The average Bonchev–Trinajstić information content (AvgIpc) is 2.38. The molecule has 0 fully saturated rings. The summed E-state index contributed by atoms with van der Waals surface area (Å²) in [5.74, 6) is 0.813. The molecular weight excluding hydrogens is 268 g/mol. The van der Waals surface area contributed by atoms with Gasteiger partial charge in [0.05, 0.1) is 28.8 Å². The number of methoxy groups -OCH3 is 1. The molecule has 18 heavy (non-hydrogen) atoms. The van der Waals surface area contributed by atoms with Crippen LogP contribution in [0.2, 0.25) is 5.02 Å². The normalized spacial score (nSPS) is 10.5. The highest BCUT2D eigenvalue weighted by Gasteiger charge is 2.06. The van der Waals surface area contributed by atoms with Crippen molar-refractivity contribution in [2.75, 3.05) is 19.5 Å². The Morgan fingerprint density at radius 2 is 2.28 bits per heavy atom. The standard InChI is InChI=1S/C13H11ClN2OS/c1-17-4-5-18-13-6-9(8-15)11-7-10(14)2-3-12(11)16-13/h2-3,6-7H,4-5H2,1H3. The van der Waals surface area contributed by atoms with Crippen LogP contribution in [-0.2, 0) is 4.74 Å². The molecule has 2 rings (SSSR count). The topological polar surface area (TPSA) is 45.9 Å². The number of aromatic nitrogens is 1. The van der Waals surface area contributed by atoms with Crippen LogP contribution < -0.4 is 0 Å². The molecule has 0 saturated carbocycles. The molecule has 0 N–H and O–H groups in total. The number of rotatable bonds is 4. The highest BCUT2D eigenvalue weighted by atomic mass is 35.5. The zero-order chi connectivity index (χ0) is 13.0. The van der Waals surface area contributed by atoms with Crippen molar-refractivity contribution in [2.24, 2.45) is 0 Å². The molecule has 0 aliphatic carbocycles. The van der Waals surface area contributed by atoms with Crippen molar-refractivity contribution < 1.29 is 4.74 Å². The van der Waals surface area contributed by atoms with E-state index in [1.165, 1.54) is 0 Å². The van der Waals surface area contributed by atoms with E-state index in [4.69, 9.17) is 21.6 Å². The van der Waals surface area contributed by atoms with Crippen LogP contribution in [0.25, 0.3) is 10.9 Å². The van der Waals surface area contributed by atoms with Gasteiger partial charge in [-0.25, -0.2) is 4.98 Å². The summed E-state index contributed by atoms with van der Waals surface area (Å²) in [4.78, 5) is 4.49. The molecule has 0 spiro atoms. The number of hydrogen-bond donors (Lipinski definition) is 0.